The van der Waals surface area contributed by atoms with Crippen molar-refractivity contribution in [3.8, 4) is 11.1 Å². The zero-order chi connectivity index (χ0) is 12.6. The first kappa shape index (κ1) is 11.5. The van der Waals surface area contributed by atoms with E-state index in [1.807, 2.05) is 0 Å². The van der Waals surface area contributed by atoms with Gasteiger partial charge in [0.1, 0.15) is 0 Å². The second-order valence-corrected chi connectivity index (χ2v) is 3.68. The molecule has 0 atom stereocenters. The SMILES string of the molecule is Cc1[nH]nc(N)c1-c1ccc(C(F)(F)F)cc1. The van der Waals surface area contributed by atoms with Gasteiger partial charge in [0.25, 0.3) is 0 Å². The number of anilines is 1. The normalized spacial score (nSPS) is 11.8. The van der Waals surface area contributed by atoms with Crippen LogP contribution in [0.5, 0.6) is 0 Å². The van der Waals surface area contributed by atoms with E-state index >= 15 is 0 Å². The van der Waals surface area contributed by atoms with Crippen LogP contribution in [0.1, 0.15) is 11.3 Å². The molecule has 0 saturated carbocycles. The van der Waals surface area contributed by atoms with E-state index in [1.54, 1.807) is 6.92 Å². The number of aromatic amines is 1. The fourth-order valence-corrected chi connectivity index (χ4v) is 1.64. The van der Waals surface area contributed by atoms with E-state index in [1.165, 1.54) is 12.1 Å². The van der Waals surface area contributed by atoms with Crippen LogP contribution >= 0.6 is 0 Å². The highest BCUT2D eigenvalue weighted by Gasteiger charge is 2.30. The number of H-pyrrole nitrogens is 1. The molecule has 1 aromatic carbocycles. The van der Waals surface area contributed by atoms with Crippen molar-refractivity contribution in [1.82, 2.24) is 10.2 Å². The van der Waals surface area contributed by atoms with Crippen molar-refractivity contribution in [3.63, 3.8) is 0 Å². The van der Waals surface area contributed by atoms with E-state index < -0.39 is 11.7 Å². The smallest absolute Gasteiger partial charge is 0.382 e. The van der Waals surface area contributed by atoms with Crippen molar-refractivity contribution in [2.75, 3.05) is 5.73 Å². The van der Waals surface area contributed by atoms with Gasteiger partial charge in [0.15, 0.2) is 5.82 Å². The number of aryl methyl sites for hydroxylation is 1. The van der Waals surface area contributed by atoms with Gasteiger partial charge in [-0.15, -0.1) is 0 Å². The number of nitrogens with one attached hydrogen (secondary N) is 1. The van der Waals surface area contributed by atoms with Crippen molar-refractivity contribution >= 4 is 5.82 Å². The summed E-state index contributed by atoms with van der Waals surface area (Å²) in [5.74, 6) is 0.280. The van der Waals surface area contributed by atoms with Crippen LogP contribution in [0.4, 0.5) is 19.0 Å². The standard InChI is InChI=1S/C11H10F3N3/c1-6-9(10(15)17-16-6)7-2-4-8(5-3-7)11(12,13)14/h2-5H,1H3,(H3,15,16,17). The largest absolute Gasteiger partial charge is 0.416 e. The first-order valence-corrected chi connectivity index (χ1v) is 4.87. The van der Waals surface area contributed by atoms with Gasteiger partial charge in [0, 0.05) is 11.3 Å². The Morgan fingerprint density at radius 3 is 2.18 bits per heavy atom. The molecule has 0 amide bonds. The lowest BCUT2D eigenvalue weighted by Crippen LogP contribution is -2.04. The topological polar surface area (TPSA) is 54.7 Å². The Morgan fingerprint density at radius 2 is 1.76 bits per heavy atom. The van der Waals surface area contributed by atoms with Crippen LogP contribution in [0, 0.1) is 6.92 Å². The van der Waals surface area contributed by atoms with Crippen LogP contribution in [-0.4, -0.2) is 10.2 Å². The average molecular weight is 241 g/mol. The van der Waals surface area contributed by atoms with Crippen LogP contribution in [0.2, 0.25) is 0 Å². The number of aromatic nitrogens is 2. The van der Waals surface area contributed by atoms with Crippen molar-refractivity contribution in [2.24, 2.45) is 0 Å². The summed E-state index contributed by atoms with van der Waals surface area (Å²) in [4.78, 5) is 0. The van der Waals surface area contributed by atoms with Crippen LogP contribution in [-0.2, 0) is 6.18 Å². The molecule has 0 radical (unpaired) electrons. The minimum Gasteiger partial charge on any atom is -0.382 e. The molecule has 0 aliphatic heterocycles. The molecule has 1 heterocycles. The molecule has 0 saturated heterocycles. The van der Waals surface area contributed by atoms with Gasteiger partial charge in [0.05, 0.1) is 5.56 Å². The van der Waals surface area contributed by atoms with Crippen molar-refractivity contribution < 1.29 is 13.2 Å². The van der Waals surface area contributed by atoms with E-state index in [2.05, 4.69) is 10.2 Å². The molecule has 0 aliphatic carbocycles. The molecule has 2 aromatic rings. The highest BCUT2D eigenvalue weighted by Crippen LogP contribution is 2.32. The molecule has 3 nitrogen and oxygen atoms in total. The summed E-state index contributed by atoms with van der Waals surface area (Å²) >= 11 is 0. The quantitative estimate of drug-likeness (QED) is 0.806. The molecule has 3 N–H and O–H groups in total. The molecule has 17 heavy (non-hydrogen) atoms. The predicted molar refractivity (Wildman–Crippen MR) is 58.2 cm³/mol. The molecule has 0 unspecified atom stereocenters. The third kappa shape index (κ3) is 2.11. The first-order valence-electron chi connectivity index (χ1n) is 4.87. The molecule has 0 fully saturated rings. The van der Waals surface area contributed by atoms with E-state index in [0.717, 1.165) is 17.8 Å². The van der Waals surface area contributed by atoms with Crippen LogP contribution in [0.3, 0.4) is 0 Å². The summed E-state index contributed by atoms with van der Waals surface area (Å²) in [7, 11) is 0. The lowest BCUT2D eigenvalue weighted by molar-refractivity contribution is -0.137. The van der Waals surface area contributed by atoms with Gasteiger partial charge in [-0.3, -0.25) is 5.10 Å². The molecule has 2 rings (SSSR count). The van der Waals surface area contributed by atoms with Gasteiger partial charge in [-0.05, 0) is 24.6 Å². The van der Waals surface area contributed by atoms with Crippen molar-refractivity contribution in [2.45, 2.75) is 13.1 Å². The third-order valence-electron chi connectivity index (χ3n) is 2.48. The number of benzene rings is 1. The molecular weight excluding hydrogens is 231 g/mol. The van der Waals surface area contributed by atoms with Crippen LogP contribution in [0.15, 0.2) is 24.3 Å². The number of nitrogen functional groups attached to an aromatic ring is 1. The fraction of sp³-hybridized carbons (Fsp3) is 0.182. The molecule has 6 heteroatoms. The van der Waals surface area contributed by atoms with Crippen molar-refractivity contribution in [1.29, 1.82) is 0 Å². The second-order valence-electron chi connectivity index (χ2n) is 3.68. The molecule has 0 bridgehead atoms. The highest BCUT2D eigenvalue weighted by atomic mass is 19.4. The molecule has 0 aliphatic rings. The van der Waals surface area contributed by atoms with Gasteiger partial charge >= 0.3 is 6.18 Å². The van der Waals surface area contributed by atoms with Crippen LogP contribution < -0.4 is 5.73 Å². The number of nitrogens with zero attached hydrogens (tertiary/aromatic N) is 1. The van der Waals surface area contributed by atoms with E-state index in [-0.39, 0.29) is 5.82 Å². The van der Waals surface area contributed by atoms with Gasteiger partial charge in [0.2, 0.25) is 0 Å². The Kier molecular flexibility index (Phi) is 2.57. The highest BCUT2D eigenvalue weighted by molar-refractivity contribution is 5.76. The summed E-state index contributed by atoms with van der Waals surface area (Å²) in [6, 6.07) is 4.83. The minimum absolute atomic E-state index is 0.280. The maximum atomic E-state index is 12.4. The molecule has 1 aromatic heterocycles. The zero-order valence-corrected chi connectivity index (χ0v) is 8.97. The Morgan fingerprint density at radius 1 is 1.18 bits per heavy atom. The van der Waals surface area contributed by atoms with Crippen LogP contribution in [0.25, 0.3) is 11.1 Å². The number of hydrogen-bond acceptors (Lipinski definition) is 2. The summed E-state index contributed by atoms with van der Waals surface area (Å²) < 4.78 is 37.1. The maximum absolute atomic E-state index is 12.4. The van der Waals surface area contributed by atoms with Gasteiger partial charge in [-0.25, -0.2) is 0 Å². The van der Waals surface area contributed by atoms with Gasteiger partial charge in [-0.2, -0.15) is 18.3 Å². The Labute approximate surface area is 95.5 Å². The zero-order valence-electron chi connectivity index (χ0n) is 8.97. The molecule has 90 valence electrons. The third-order valence-corrected chi connectivity index (χ3v) is 2.48. The predicted octanol–water partition coefficient (Wildman–Crippen LogP) is 2.99. The summed E-state index contributed by atoms with van der Waals surface area (Å²) in [5, 5.41) is 6.48. The summed E-state index contributed by atoms with van der Waals surface area (Å²) in [6.45, 7) is 1.76. The second kappa shape index (κ2) is 3.80. The maximum Gasteiger partial charge on any atom is 0.416 e. The summed E-state index contributed by atoms with van der Waals surface area (Å²) in [6.07, 6.45) is -4.32. The monoisotopic (exact) mass is 241 g/mol. The van der Waals surface area contributed by atoms with Gasteiger partial charge < -0.3 is 5.73 Å². The fourth-order valence-electron chi connectivity index (χ4n) is 1.64. The van der Waals surface area contributed by atoms with Gasteiger partial charge in [-0.1, -0.05) is 12.1 Å². The van der Waals surface area contributed by atoms with Crippen molar-refractivity contribution in [3.05, 3.63) is 35.5 Å². The number of hydrogen-bond donors (Lipinski definition) is 2. The molecule has 0 spiro atoms. The van der Waals surface area contributed by atoms with E-state index in [0.29, 0.717) is 11.1 Å². The number of nitrogens with two attached hydrogens (primary N) is 1. The Hall–Kier alpha value is -1.98. The lowest BCUT2D eigenvalue weighted by Gasteiger charge is -2.07. The molecular formula is C11H10F3N3. The van der Waals surface area contributed by atoms with E-state index in [9.17, 15) is 13.2 Å². The lowest BCUT2D eigenvalue weighted by atomic mass is 10.0. The number of rotatable bonds is 1. The first-order chi connectivity index (χ1) is 7.89. The van der Waals surface area contributed by atoms with E-state index in [4.69, 9.17) is 5.73 Å². The average Bonchev–Trinajstić information content (AvgIpc) is 2.58. The summed E-state index contributed by atoms with van der Waals surface area (Å²) in [5.41, 5.74) is 6.93. The Bertz CT molecular complexity index is 506. The number of alkyl halides is 3. The Balaban J connectivity index is 2.43. The number of halogens is 3. The minimum atomic E-state index is -4.32.